The van der Waals surface area contributed by atoms with Crippen LogP contribution in [0.25, 0.3) is 11.3 Å². The summed E-state index contributed by atoms with van der Waals surface area (Å²) in [7, 11) is 0. The molecule has 21 heavy (non-hydrogen) atoms. The van der Waals surface area contributed by atoms with Gasteiger partial charge in [0.05, 0.1) is 6.54 Å². The standard InChI is InChI=1S/C15H11ClN4O/c16-13-5-3-11(4-6-13)9-20-15(14(10-21)18-19-20)12-2-1-7-17-8-12/h1-8,10H,9H2. The SMILES string of the molecule is O=Cc1nnn(Cc2ccc(Cl)cc2)c1-c1cccnc1. The first-order chi connectivity index (χ1) is 10.3. The van der Waals surface area contributed by atoms with Crippen LogP contribution in [0.2, 0.25) is 5.02 Å². The van der Waals surface area contributed by atoms with Gasteiger partial charge in [0.2, 0.25) is 0 Å². The summed E-state index contributed by atoms with van der Waals surface area (Å²) in [6.07, 6.45) is 4.06. The maximum absolute atomic E-state index is 11.2. The summed E-state index contributed by atoms with van der Waals surface area (Å²) in [5, 5.41) is 8.65. The zero-order chi connectivity index (χ0) is 14.7. The molecule has 0 saturated carbocycles. The first-order valence-corrected chi connectivity index (χ1v) is 6.69. The monoisotopic (exact) mass is 298 g/mol. The van der Waals surface area contributed by atoms with Crippen LogP contribution in [-0.4, -0.2) is 26.3 Å². The molecule has 3 rings (SSSR count). The first-order valence-electron chi connectivity index (χ1n) is 6.31. The quantitative estimate of drug-likeness (QED) is 0.695. The van der Waals surface area contributed by atoms with E-state index in [9.17, 15) is 4.79 Å². The van der Waals surface area contributed by atoms with E-state index < -0.39 is 0 Å². The van der Waals surface area contributed by atoms with Gasteiger partial charge < -0.3 is 0 Å². The number of aromatic nitrogens is 4. The van der Waals surface area contributed by atoms with E-state index in [4.69, 9.17) is 11.6 Å². The average molecular weight is 299 g/mol. The van der Waals surface area contributed by atoms with Crippen molar-refractivity contribution in [3.63, 3.8) is 0 Å². The molecule has 6 heteroatoms. The molecule has 0 N–H and O–H groups in total. The summed E-state index contributed by atoms with van der Waals surface area (Å²) in [5.74, 6) is 0. The minimum Gasteiger partial charge on any atom is -0.296 e. The van der Waals surface area contributed by atoms with E-state index in [1.165, 1.54) is 0 Å². The molecule has 0 atom stereocenters. The Bertz CT molecular complexity index is 753. The average Bonchev–Trinajstić information content (AvgIpc) is 2.93. The van der Waals surface area contributed by atoms with Gasteiger partial charge in [-0.1, -0.05) is 28.9 Å². The van der Waals surface area contributed by atoms with E-state index in [2.05, 4.69) is 15.3 Å². The van der Waals surface area contributed by atoms with Gasteiger partial charge in [-0.3, -0.25) is 9.78 Å². The van der Waals surface area contributed by atoms with Gasteiger partial charge >= 0.3 is 0 Å². The Morgan fingerprint density at radius 1 is 1.19 bits per heavy atom. The van der Waals surface area contributed by atoms with Gasteiger partial charge in [0, 0.05) is 23.0 Å². The van der Waals surface area contributed by atoms with Crippen molar-refractivity contribution in [1.29, 1.82) is 0 Å². The van der Waals surface area contributed by atoms with Gasteiger partial charge in [-0.15, -0.1) is 5.10 Å². The Morgan fingerprint density at radius 3 is 2.67 bits per heavy atom. The number of rotatable bonds is 4. The predicted octanol–water partition coefficient (Wildman–Crippen LogP) is 2.85. The van der Waals surface area contributed by atoms with Crippen molar-refractivity contribution < 1.29 is 4.79 Å². The lowest BCUT2D eigenvalue weighted by molar-refractivity contribution is 0.111. The van der Waals surface area contributed by atoms with Crippen LogP contribution in [0, 0.1) is 0 Å². The largest absolute Gasteiger partial charge is 0.296 e. The van der Waals surface area contributed by atoms with Crippen LogP contribution in [0.5, 0.6) is 0 Å². The summed E-state index contributed by atoms with van der Waals surface area (Å²) >= 11 is 5.88. The van der Waals surface area contributed by atoms with Crippen molar-refractivity contribution in [2.75, 3.05) is 0 Å². The van der Waals surface area contributed by atoms with Crippen molar-refractivity contribution in [1.82, 2.24) is 20.0 Å². The normalized spacial score (nSPS) is 10.5. The fourth-order valence-electron chi connectivity index (χ4n) is 2.08. The Labute approximate surface area is 126 Å². The van der Waals surface area contributed by atoms with Gasteiger partial charge in [-0.05, 0) is 29.8 Å². The number of benzene rings is 1. The molecule has 0 aliphatic carbocycles. The number of carbonyl (C=O) groups is 1. The second-order valence-electron chi connectivity index (χ2n) is 4.47. The van der Waals surface area contributed by atoms with E-state index in [1.54, 1.807) is 17.1 Å². The Hall–Kier alpha value is -2.53. The summed E-state index contributed by atoms with van der Waals surface area (Å²) in [6.45, 7) is 0.502. The minimum atomic E-state index is 0.303. The zero-order valence-electron chi connectivity index (χ0n) is 11.0. The Morgan fingerprint density at radius 2 is 2.00 bits per heavy atom. The highest BCUT2D eigenvalue weighted by atomic mass is 35.5. The second-order valence-corrected chi connectivity index (χ2v) is 4.90. The number of halogens is 1. The van der Waals surface area contributed by atoms with E-state index in [0.29, 0.717) is 29.2 Å². The highest BCUT2D eigenvalue weighted by molar-refractivity contribution is 6.30. The molecule has 3 aromatic rings. The van der Waals surface area contributed by atoms with Crippen molar-refractivity contribution >= 4 is 17.9 Å². The second kappa shape index (κ2) is 5.85. The lowest BCUT2D eigenvalue weighted by Gasteiger charge is -2.07. The summed E-state index contributed by atoms with van der Waals surface area (Å²) in [4.78, 5) is 15.2. The molecular weight excluding hydrogens is 288 g/mol. The third-order valence-corrected chi connectivity index (χ3v) is 3.31. The van der Waals surface area contributed by atoms with E-state index in [0.717, 1.165) is 11.1 Å². The van der Waals surface area contributed by atoms with Crippen LogP contribution in [0.3, 0.4) is 0 Å². The molecule has 1 aromatic carbocycles. The minimum absolute atomic E-state index is 0.303. The number of carbonyl (C=O) groups excluding carboxylic acids is 1. The maximum atomic E-state index is 11.2. The lowest BCUT2D eigenvalue weighted by Crippen LogP contribution is -2.04. The molecule has 0 aliphatic heterocycles. The smallest absolute Gasteiger partial charge is 0.172 e. The Balaban J connectivity index is 2.01. The number of hydrogen-bond acceptors (Lipinski definition) is 4. The van der Waals surface area contributed by atoms with Crippen LogP contribution in [-0.2, 0) is 6.54 Å². The van der Waals surface area contributed by atoms with Gasteiger partial charge in [-0.25, -0.2) is 4.68 Å². The van der Waals surface area contributed by atoms with Gasteiger partial charge in [0.15, 0.2) is 12.0 Å². The molecule has 2 aromatic heterocycles. The zero-order valence-corrected chi connectivity index (χ0v) is 11.7. The highest BCUT2D eigenvalue weighted by Gasteiger charge is 2.14. The van der Waals surface area contributed by atoms with Crippen molar-refractivity contribution in [3.8, 4) is 11.3 Å². The maximum Gasteiger partial charge on any atom is 0.172 e. The van der Waals surface area contributed by atoms with Crippen LogP contribution in [0.15, 0.2) is 48.8 Å². The third kappa shape index (κ3) is 2.83. The van der Waals surface area contributed by atoms with E-state index in [-0.39, 0.29) is 0 Å². The summed E-state index contributed by atoms with van der Waals surface area (Å²) in [6, 6.07) is 11.1. The highest BCUT2D eigenvalue weighted by Crippen LogP contribution is 2.21. The fraction of sp³-hybridized carbons (Fsp3) is 0.0667. The number of aldehydes is 1. The van der Waals surface area contributed by atoms with Gasteiger partial charge in [0.1, 0.15) is 5.69 Å². The number of hydrogen-bond donors (Lipinski definition) is 0. The van der Waals surface area contributed by atoms with Crippen molar-refractivity contribution in [2.45, 2.75) is 6.54 Å². The van der Waals surface area contributed by atoms with Crippen molar-refractivity contribution in [2.24, 2.45) is 0 Å². The molecular formula is C15H11ClN4O. The van der Waals surface area contributed by atoms with E-state index in [1.807, 2.05) is 36.4 Å². The van der Waals surface area contributed by atoms with Crippen molar-refractivity contribution in [3.05, 3.63) is 65.1 Å². The molecule has 0 aliphatic rings. The van der Waals surface area contributed by atoms with Crippen LogP contribution in [0.1, 0.15) is 16.1 Å². The molecule has 0 saturated heterocycles. The Kier molecular flexibility index (Phi) is 3.75. The molecule has 2 heterocycles. The molecule has 0 unspecified atom stereocenters. The van der Waals surface area contributed by atoms with Crippen LogP contribution in [0.4, 0.5) is 0 Å². The third-order valence-electron chi connectivity index (χ3n) is 3.05. The van der Waals surface area contributed by atoms with Gasteiger partial charge in [-0.2, -0.15) is 0 Å². The fourth-order valence-corrected chi connectivity index (χ4v) is 2.21. The molecule has 0 fully saturated rings. The molecule has 0 radical (unpaired) electrons. The van der Waals surface area contributed by atoms with Crippen LogP contribution >= 0.6 is 11.6 Å². The van der Waals surface area contributed by atoms with Crippen LogP contribution < -0.4 is 0 Å². The number of pyridine rings is 1. The summed E-state index contributed by atoms with van der Waals surface area (Å²) in [5.41, 5.74) is 2.79. The van der Waals surface area contributed by atoms with Gasteiger partial charge in [0.25, 0.3) is 0 Å². The number of nitrogens with zero attached hydrogens (tertiary/aromatic N) is 4. The molecule has 0 spiro atoms. The lowest BCUT2D eigenvalue weighted by atomic mass is 10.1. The summed E-state index contributed by atoms with van der Waals surface area (Å²) < 4.78 is 1.68. The molecule has 0 amide bonds. The predicted molar refractivity (Wildman–Crippen MR) is 79.2 cm³/mol. The molecule has 5 nitrogen and oxygen atoms in total. The first kappa shape index (κ1) is 13.5. The topological polar surface area (TPSA) is 60.7 Å². The molecule has 104 valence electrons. The van der Waals surface area contributed by atoms with E-state index >= 15 is 0 Å². The molecule has 0 bridgehead atoms.